The van der Waals surface area contributed by atoms with Crippen molar-refractivity contribution in [3.05, 3.63) is 35.4 Å². The number of benzene rings is 1. The van der Waals surface area contributed by atoms with Crippen LogP contribution >= 0.6 is 11.8 Å². The summed E-state index contributed by atoms with van der Waals surface area (Å²) in [7, 11) is 3.60. The minimum Gasteiger partial charge on any atom is -0.380 e. The van der Waals surface area contributed by atoms with Crippen LogP contribution in [0.15, 0.2) is 29.3 Å². The van der Waals surface area contributed by atoms with Crippen molar-refractivity contribution < 1.29 is 4.74 Å². The Morgan fingerprint density at radius 3 is 2.91 bits per heavy atom. The number of hydrogen-bond donors (Lipinski definition) is 1. The predicted molar refractivity (Wildman–Crippen MR) is 100 cm³/mol. The highest BCUT2D eigenvalue weighted by molar-refractivity contribution is 8.00. The topological polar surface area (TPSA) is 36.9 Å². The van der Waals surface area contributed by atoms with Crippen LogP contribution in [0.3, 0.4) is 0 Å². The molecular formula is C18H29N3OS. The lowest BCUT2D eigenvalue weighted by Gasteiger charge is -2.36. The van der Waals surface area contributed by atoms with Crippen LogP contribution in [0.25, 0.3) is 0 Å². The van der Waals surface area contributed by atoms with Crippen molar-refractivity contribution in [1.29, 1.82) is 0 Å². The van der Waals surface area contributed by atoms with Gasteiger partial charge >= 0.3 is 0 Å². The summed E-state index contributed by atoms with van der Waals surface area (Å²) in [5, 5.41) is 4.20. The number of methoxy groups -OCH3 is 1. The van der Waals surface area contributed by atoms with Gasteiger partial charge in [0.05, 0.1) is 6.61 Å². The molecule has 2 rings (SSSR count). The number of nitrogens with zero attached hydrogens (tertiary/aromatic N) is 2. The first kappa shape index (κ1) is 18.1. The molecule has 1 heterocycles. The third-order valence-corrected chi connectivity index (χ3v) is 5.64. The average molecular weight is 336 g/mol. The Kier molecular flexibility index (Phi) is 7.24. The number of ether oxygens (including phenoxy) is 1. The monoisotopic (exact) mass is 335 g/mol. The van der Waals surface area contributed by atoms with E-state index in [0.29, 0.717) is 17.8 Å². The van der Waals surface area contributed by atoms with E-state index < -0.39 is 0 Å². The van der Waals surface area contributed by atoms with Crippen molar-refractivity contribution in [2.24, 2.45) is 10.9 Å². The van der Waals surface area contributed by atoms with Crippen LogP contribution < -0.4 is 5.32 Å². The average Bonchev–Trinajstić information content (AvgIpc) is 2.56. The van der Waals surface area contributed by atoms with E-state index in [0.717, 1.165) is 25.6 Å². The van der Waals surface area contributed by atoms with Gasteiger partial charge in [-0.25, -0.2) is 0 Å². The van der Waals surface area contributed by atoms with Crippen LogP contribution in [0, 0.1) is 5.92 Å². The zero-order chi connectivity index (χ0) is 16.7. The molecule has 1 unspecified atom stereocenters. The third kappa shape index (κ3) is 5.43. The molecule has 0 radical (unpaired) electrons. The van der Waals surface area contributed by atoms with Gasteiger partial charge in [0, 0.05) is 44.8 Å². The number of nitrogens with one attached hydrogen (secondary N) is 1. The van der Waals surface area contributed by atoms with E-state index in [1.54, 1.807) is 7.11 Å². The summed E-state index contributed by atoms with van der Waals surface area (Å²) in [5.74, 6) is 2.88. The van der Waals surface area contributed by atoms with E-state index in [2.05, 4.69) is 65.1 Å². The highest BCUT2D eigenvalue weighted by Crippen LogP contribution is 2.24. The second-order valence-electron chi connectivity index (χ2n) is 6.25. The second-order valence-corrected chi connectivity index (χ2v) is 7.60. The highest BCUT2D eigenvalue weighted by atomic mass is 32.2. The lowest BCUT2D eigenvalue weighted by atomic mass is 10.1. The Hall–Kier alpha value is -1.20. The van der Waals surface area contributed by atoms with Crippen molar-refractivity contribution in [2.75, 3.05) is 33.0 Å². The summed E-state index contributed by atoms with van der Waals surface area (Å²) in [6.07, 6.45) is 0. The minimum atomic E-state index is 0.655. The predicted octanol–water partition coefficient (Wildman–Crippen LogP) is 2.98. The molecule has 128 valence electrons. The molecule has 1 saturated heterocycles. The Morgan fingerprint density at radius 2 is 2.22 bits per heavy atom. The van der Waals surface area contributed by atoms with Gasteiger partial charge in [0.2, 0.25) is 0 Å². The van der Waals surface area contributed by atoms with E-state index in [1.807, 2.05) is 7.05 Å². The number of thioether (sulfide) groups is 1. The van der Waals surface area contributed by atoms with E-state index in [4.69, 9.17) is 4.74 Å². The van der Waals surface area contributed by atoms with Gasteiger partial charge in [0.15, 0.2) is 5.96 Å². The first-order chi connectivity index (χ1) is 11.1. The van der Waals surface area contributed by atoms with Gasteiger partial charge in [-0.05, 0) is 17.0 Å². The van der Waals surface area contributed by atoms with E-state index >= 15 is 0 Å². The van der Waals surface area contributed by atoms with Crippen LogP contribution in [0.1, 0.15) is 25.0 Å². The van der Waals surface area contributed by atoms with Gasteiger partial charge < -0.3 is 15.0 Å². The maximum absolute atomic E-state index is 5.20. The Bertz CT molecular complexity index is 519. The van der Waals surface area contributed by atoms with Crippen LogP contribution in [-0.2, 0) is 17.9 Å². The summed E-state index contributed by atoms with van der Waals surface area (Å²) in [4.78, 5) is 6.87. The van der Waals surface area contributed by atoms with Gasteiger partial charge in [-0.3, -0.25) is 4.99 Å². The summed E-state index contributed by atoms with van der Waals surface area (Å²) in [6.45, 7) is 8.20. The fraction of sp³-hybridized carbons (Fsp3) is 0.611. The maximum Gasteiger partial charge on any atom is 0.193 e. The van der Waals surface area contributed by atoms with Crippen molar-refractivity contribution in [1.82, 2.24) is 10.2 Å². The van der Waals surface area contributed by atoms with Crippen LogP contribution in [0.2, 0.25) is 0 Å². The molecule has 0 aliphatic carbocycles. The molecule has 1 fully saturated rings. The fourth-order valence-corrected chi connectivity index (χ4v) is 4.08. The third-order valence-electron chi connectivity index (χ3n) is 4.10. The van der Waals surface area contributed by atoms with E-state index in [1.165, 1.54) is 16.9 Å². The smallest absolute Gasteiger partial charge is 0.193 e. The summed E-state index contributed by atoms with van der Waals surface area (Å²) < 4.78 is 5.20. The summed E-state index contributed by atoms with van der Waals surface area (Å²) in [5.41, 5.74) is 2.46. The molecule has 5 heteroatoms. The minimum absolute atomic E-state index is 0.655. The molecule has 1 aromatic carbocycles. The van der Waals surface area contributed by atoms with Crippen molar-refractivity contribution in [3.63, 3.8) is 0 Å². The quantitative estimate of drug-likeness (QED) is 0.663. The molecule has 1 aromatic rings. The van der Waals surface area contributed by atoms with E-state index in [-0.39, 0.29) is 0 Å². The van der Waals surface area contributed by atoms with Gasteiger partial charge in [-0.15, -0.1) is 0 Å². The van der Waals surface area contributed by atoms with Gasteiger partial charge in [-0.1, -0.05) is 38.1 Å². The van der Waals surface area contributed by atoms with Crippen molar-refractivity contribution >= 4 is 17.7 Å². The fourth-order valence-electron chi connectivity index (χ4n) is 2.78. The molecule has 0 amide bonds. The molecule has 1 atom stereocenters. The molecule has 1 aliphatic heterocycles. The van der Waals surface area contributed by atoms with Crippen molar-refractivity contribution in [3.8, 4) is 0 Å². The van der Waals surface area contributed by atoms with Gasteiger partial charge in [0.25, 0.3) is 0 Å². The number of aliphatic imine (C=N–C) groups is 1. The van der Waals surface area contributed by atoms with Crippen LogP contribution in [0.5, 0.6) is 0 Å². The molecule has 0 aromatic heterocycles. The van der Waals surface area contributed by atoms with Crippen LogP contribution in [-0.4, -0.2) is 49.1 Å². The molecule has 0 saturated carbocycles. The lowest BCUT2D eigenvalue weighted by molar-refractivity contribution is 0.185. The SMILES string of the molecule is CN=C(NCc1cccc(COC)c1)N1CCSC(C(C)C)C1. The first-order valence-electron chi connectivity index (χ1n) is 8.28. The molecule has 1 aliphatic rings. The summed E-state index contributed by atoms with van der Waals surface area (Å²) in [6, 6.07) is 8.51. The lowest BCUT2D eigenvalue weighted by Crippen LogP contribution is -2.48. The largest absolute Gasteiger partial charge is 0.380 e. The Labute approximate surface area is 144 Å². The molecule has 4 nitrogen and oxygen atoms in total. The van der Waals surface area contributed by atoms with E-state index in [9.17, 15) is 0 Å². The van der Waals surface area contributed by atoms with Gasteiger partial charge in [0.1, 0.15) is 0 Å². The second kappa shape index (κ2) is 9.18. The standard InChI is InChI=1S/C18H29N3OS/c1-14(2)17-12-21(8-9-23-17)18(19-3)20-11-15-6-5-7-16(10-15)13-22-4/h5-7,10,14,17H,8-9,11-13H2,1-4H3,(H,19,20). The Balaban J connectivity index is 1.93. The summed E-state index contributed by atoms with van der Waals surface area (Å²) >= 11 is 2.09. The highest BCUT2D eigenvalue weighted by Gasteiger charge is 2.24. The normalized spacial score (nSPS) is 19.3. The van der Waals surface area contributed by atoms with Crippen molar-refractivity contribution in [2.45, 2.75) is 32.2 Å². The van der Waals surface area contributed by atoms with Gasteiger partial charge in [-0.2, -0.15) is 11.8 Å². The molecule has 1 N–H and O–H groups in total. The first-order valence-corrected chi connectivity index (χ1v) is 9.33. The molecule has 0 spiro atoms. The number of guanidine groups is 1. The Morgan fingerprint density at radius 1 is 1.43 bits per heavy atom. The molecule has 23 heavy (non-hydrogen) atoms. The number of rotatable bonds is 5. The zero-order valence-electron chi connectivity index (χ0n) is 14.7. The molecular weight excluding hydrogens is 306 g/mol. The number of hydrogen-bond acceptors (Lipinski definition) is 3. The van der Waals surface area contributed by atoms with Crippen LogP contribution in [0.4, 0.5) is 0 Å². The molecule has 0 bridgehead atoms. The maximum atomic E-state index is 5.20. The zero-order valence-corrected chi connectivity index (χ0v) is 15.5.